The third-order valence-corrected chi connectivity index (χ3v) is 2.86. The molecule has 4 heteroatoms. The maximum atomic E-state index is 11.8. The number of aryl methyl sites for hydroxylation is 1. The number of rotatable bonds is 2. The summed E-state index contributed by atoms with van der Waals surface area (Å²) in [6.45, 7) is 2.53. The van der Waals surface area contributed by atoms with E-state index in [1.807, 2.05) is 19.1 Å². The molecule has 0 unspecified atom stereocenters. The minimum absolute atomic E-state index is 0.0241. The van der Waals surface area contributed by atoms with Crippen LogP contribution in [0.2, 0.25) is 0 Å². The number of halogens is 1. The van der Waals surface area contributed by atoms with Crippen molar-refractivity contribution in [3.05, 3.63) is 62.7 Å². The van der Waals surface area contributed by atoms with Gasteiger partial charge in [-0.2, -0.15) is 0 Å². The molecule has 0 saturated heterocycles. The molecule has 0 aromatic carbocycles. The van der Waals surface area contributed by atoms with E-state index >= 15 is 0 Å². The Morgan fingerprint density at radius 3 is 3.00 bits per heavy atom. The van der Waals surface area contributed by atoms with Crippen molar-refractivity contribution in [2.45, 2.75) is 13.5 Å². The smallest absolute Gasteiger partial charge is 0.265 e. The zero-order valence-electron chi connectivity index (χ0n) is 8.85. The Morgan fingerprint density at radius 1 is 1.44 bits per heavy atom. The van der Waals surface area contributed by atoms with Crippen molar-refractivity contribution >= 4 is 15.9 Å². The molecule has 0 fully saturated rings. The zero-order valence-corrected chi connectivity index (χ0v) is 10.4. The first-order valence-electron chi connectivity index (χ1n) is 4.92. The maximum Gasteiger partial charge on any atom is 0.265 e. The van der Waals surface area contributed by atoms with Crippen molar-refractivity contribution in [3.8, 4) is 0 Å². The molecule has 0 N–H and O–H groups in total. The predicted octanol–water partition coefficient (Wildman–Crippen LogP) is 2.36. The first kappa shape index (κ1) is 11.1. The molecule has 0 aliphatic carbocycles. The molecule has 0 saturated carbocycles. The Balaban J connectivity index is 2.34. The Morgan fingerprint density at radius 2 is 2.25 bits per heavy atom. The van der Waals surface area contributed by atoms with E-state index in [1.165, 1.54) is 0 Å². The molecule has 0 spiro atoms. The van der Waals surface area contributed by atoms with E-state index < -0.39 is 0 Å². The Labute approximate surface area is 102 Å². The van der Waals surface area contributed by atoms with Gasteiger partial charge in [0.2, 0.25) is 0 Å². The summed E-state index contributed by atoms with van der Waals surface area (Å²) in [5, 5.41) is 0. The number of hydrogen-bond acceptors (Lipinski definition) is 2. The largest absolute Gasteiger partial charge is 0.310 e. The van der Waals surface area contributed by atoms with Crippen molar-refractivity contribution < 1.29 is 0 Å². The van der Waals surface area contributed by atoms with Crippen LogP contribution in [0.4, 0.5) is 0 Å². The summed E-state index contributed by atoms with van der Waals surface area (Å²) in [5.41, 5.74) is 2.10. The molecular formula is C12H11BrN2O. The van der Waals surface area contributed by atoms with E-state index in [9.17, 15) is 4.79 Å². The Hall–Kier alpha value is -1.42. The van der Waals surface area contributed by atoms with Gasteiger partial charge in [-0.25, -0.2) is 0 Å². The number of nitrogens with zero attached hydrogens (tertiary/aromatic N) is 2. The molecule has 16 heavy (non-hydrogen) atoms. The van der Waals surface area contributed by atoms with E-state index in [1.54, 1.807) is 29.2 Å². The van der Waals surface area contributed by atoms with Crippen LogP contribution in [-0.2, 0) is 6.54 Å². The molecule has 0 aliphatic rings. The highest BCUT2D eigenvalue weighted by Gasteiger charge is 2.01. The molecule has 0 amide bonds. The summed E-state index contributed by atoms with van der Waals surface area (Å²) in [5.74, 6) is 0. The van der Waals surface area contributed by atoms with E-state index in [0.717, 1.165) is 11.1 Å². The van der Waals surface area contributed by atoms with Crippen LogP contribution in [0.5, 0.6) is 0 Å². The number of aromatic nitrogens is 2. The lowest BCUT2D eigenvalue weighted by molar-refractivity contribution is 0.751. The second kappa shape index (κ2) is 4.61. The van der Waals surface area contributed by atoms with Crippen LogP contribution in [0.1, 0.15) is 11.1 Å². The lowest BCUT2D eigenvalue weighted by Crippen LogP contribution is -2.20. The fourth-order valence-electron chi connectivity index (χ4n) is 1.53. The summed E-state index contributed by atoms with van der Waals surface area (Å²) in [6, 6.07) is 5.61. The average Bonchev–Trinajstić information content (AvgIpc) is 2.25. The summed E-state index contributed by atoms with van der Waals surface area (Å²) in [6.07, 6.45) is 5.35. The monoisotopic (exact) mass is 278 g/mol. The second-order valence-electron chi connectivity index (χ2n) is 3.66. The molecule has 2 heterocycles. The third kappa shape index (κ3) is 2.39. The van der Waals surface area contributed by atoms with E-state index in [2.05, 4.69) is 20.9 Å². The van der Waals surface area contributed by atoms with Crippen LogP contribution >= 0.6 is 15.9 Å². The van der Waals surface area contributed by atoms with Crippen molar-refractivity contribution in [1.82, 2.24) is 9.55 Å². The molecule has 3 nitrogen and oxygen atoms in total. The molecule has 2 aromatic heterocycles. The fraction of sp³-hybridized carbons (Fsp3) is 0.167. The van der Waals surface area contributed by atoms with Crippen LogP contribution in [0.15, 0.2) is 46.1 Å². The van der Waals surface area contributed by atoms with Gasteiger partial charge in [0.25, 0.3) is 5.56 Å². The van der Waals surface area contributed by atoms with Gasteiger partial charge in [-0.3, -0.25) is 9.78 Å². The van der Waals surface area contributed by atoms with Crippen LogP contribution < -0.4 is 5.56 Å². The van der Waals surface area contributed by atoms with Crippen LogP contribution in [-0.4, -0.2) is 9.55 Å². The quantitative estimate of drug-likeness (QED) is 0.845. The molecular weight excluding hydrogens is 268 g/mol. The zero-order chi connectivity index (χ0) is 11.5. The highest BCUT2D eigenvalue weighted by Crippen LogP contribution is 2.05. The standard InChI is InChI=1S/C12H11BrN2O/c1-9-5-10(7-14-6-9)8-15-4-2-3-11(13)12(15)16/h2-7H,8H2,1H3. The normalized spacial score (nSPS) is 10.4. The molecule has 0 atom stereocenters. The van der Waals surface area contributed by atoms with Gasteiger partial charge in [-0.1, -0.05) is 6.07 Å². The summed E-state index contributed by atoms with van der Waals surface area (Å²) in [4.78, 5) is 15.9. The van der Waals surface area contributed by atoms with Gasteiger partial charge in [-0.05, 0) is 46.1 Å². The fourth-order valence-corrected chi connectivity index (χ4v) is 1.91. The van der Waals surface area contributed by atoms with Crippen molar-refractivity contribution in [1.29, 1.82) is 0 Å². The molecule has 82 valence electrons. The van der Waals surface area contributed by atoms with Gasteiger partial charge in [0, 0.05) is 18.6 Å². The first-order chi connectivity index (χ1) is 7.66. The van der Waals surface area contributed by atoms with Crippen molar-refractivity contribution in [2.75, 3.05) is 0 Å². The van der Waals surface area contributed by atoms with Gasteiger partial charge in [0.05, 0.1) is 11.0 Å². The summed E-state index contributed by atoms with van der Waals surface area (Å²) >= 11 is 3.22. The molecule has 0 radical (unpaired) electrons. The van der Waals surface area contributed by atoms with Gasteiger partial charge in [-0.15, -0.1) is 0 Å². The number of pyridine rings is 2. The van der Waals surface area contributed by atoms with Crippen LogP contribution in [0.25, 0.3) is 0 Å². The molecule has 0 bridgehead atoms. The topological polar surface area (TPSA) is 34.9 Å². The maximum absolute atomic E-state index is 11.8. The third-order valence-electron chi connectivity index (χ3n) is 2.26. The first-order valence-corrected chi connectivity index (χ1v) is 5.71. The van der Waals surface area contributed by atoms with Crippen molar-refractivity contribution in [3.63, 3.8) is 0 Å². The van der Waals surface area contributed by atoms with Crippen LogP contribution in [0, 0.1) is 6.92 Å². The minimum atomic E-state index is -0.0241. The number of hydrogen-bond donors (Lipinski definition) is 0. The van der Waals surface area contributed by atoms with Gasteiger partial charge < -0.3 is 4.57 Å². The summed E-state index contributed by atoms with van der Waals surface area (Å²) in [7, 11) is 0. The SMILES string of the molecule is Cc1cncc(Cn2cccc(Br)c2=O)c1. The lowest BCUT2D eigenvalue weighted by Gasteiger charge is -2.06. The van der Waals surface area contributed by atoms with E-state index in [4.69, 9.17) is 0 Å². The van der Waals surface area contributed by atoms with E-state index in [-0.39, 0.29) is 5.56 Å². The Bertz CT molecular complexity index is 563. The Kier molecular flexibility index (Phi) is 3.19. The minimum Gasteiger partial charge on any atom is -0.310 e. The predicted molar refractivity (Wildman–Crippen MR) is 66.5 cm³/mol. The van der Waals surface area contributed by atoms with E-state index in [0.29, 0.717) is 11.0 Å². The molecule has 0 aliphatic heterocycles. The van der Waals surface area contributed by atoms with Gasteiger partial charge in [0.15, 0.2) is 0 Å². The summed E-state index contributed by atoms with van der Waals surface area (Å²) < 4.78 is 2.23. The van der Waals surface area contributed by atoms with Crippen LogP contribution in [0.3, 0.4) is 0 Å². The highest BCUT2D eigenvalue weighted by atomic mass is 79.9. The van der Waals surface area contributed by atoms with Gasteiger partial charge >= 0.3 is 0 Å². The van der Waals surface area contributed by atoms with Crippen molar-refractivity contribution in [2.24, 2.45) is 0 Å². The molecule has 2 aromatic rings. The lowest BCUT2D eigenvalue weighted by atomic mass is 10.2. The highest BCUT2D eigenvalue weighted by molar-refractivity contribution is 9.10. The second-order valence-corrected chi connectivity index (χ2v) is 4.51. The average molecular weight is 279 g/mol. The van der Waals surface area contributed by atoms with Gasteiger partial charge in [0.1, 0.15) is 0 Å². The molecule has 2 rings (SSSR count).